The Morgan fingerprint density at radius 1 is 1.25 bits per heavy atom. The lowest BCUT2D eigenvalue weighted by molar-refractivity contribution is -0.142. The fourth-order valence-corrected chi connectivity index (χ4v) is 6.23. The van der Waals surface area contributed by atoms with Crippen LogP contribution >= 0.6 is 11.8 Å². The lowest BCUT2D eigenvalue weighted by atomic mass is 9.68. The molecule has 2 aliphatic rings. The normalized spacial score (nSPS) is 30.8. The number of aliphatic hydroxyl groups excluding tert-OH is 1. The molecule has 3 N–H and O–H groups in total. The van der Waals surface area contributed by atoms with Gasteiger partial charge >= 0.3 is 0 Å². The number of hydrogen-bond donors (Lipinski definition) is 3. The van der Waals surface area contributed by atoms with Gasteiger partial charge in [-0.1, -0.05) is 86.9 Å². The SMILES string of the molecule is CCCCCC[C@H]1C(=O)N[C@](C(=O)SCc2ccccc2)([C@@H](O)[C@@H]2C=CCCC2)[C@@]1(C)O. The van der Waals surface area contributed by atoms with Crippen molar-refractivity contribution in [2.45, 2.75) is 88.2 Å². The van der Waals surface area contributed by atoms with E-state index in [9.17, 15) is 19.8 Å². The Balaban J connectivity index is 1.89. The average molecular weight is 460 g/mol. The van der Waals surface area contributed by atoms with Crippen LogP contribution in [0.1, 0.15) is 70.8 Å². The van der Waals surface area contributed by atoms with E-state index >= 15 is 0 Å². The summed E-state index contributed by atoms with van der Waals surface area (Å²) in [5, 5.41) is 25.7. The maximum Gasteiger partial charge on any atom is 0.227 e. The highest BCUT2D eigenvalue weighted by Crippen LogP contribution is 2.46. The molecule has 5 nitrogen and oxygen atoms in total. The van der Waals surface area contributed by atoms with Crippen LogP contribution in [0.25, 0.3) is 0 Å². The number of amides is 1. The fourth-order valence-electron chi connectivity index (χ4n) is 5.14. The summed E-state index contributed by atoms with van der Waals surface area (Å²) in [6.45, 7) is 3.69. The van der Waals surface area contributed by atoms with E-state index < -0.39 is 23.2 Å². The van der Waals surface area contributed by atoms with E-state index in [0.717, 1.165) is 62.3 Å². The number of thioether (sulfide) groups is 1. The third-order valence-electron chi connectivity index (χ3n) is 7.14. The molecule has 6 heteroatoms. The highest BCUT2D eigenvalue weighted by molar-refractivity contribution is 8.13. The smallest absolute Gasteiger partial charge is 0.227 e. The Bertz CT molecular complexity index is 809. The van der Waals surface area contributed by atoms with Crippen LogP contribution in [0.3, 0.4) is 0 Å². The van der Waals surface area contributed by atoms with Gasteiger partial charge in [0, 0.05) is 11.7 Å². The molecule has 0 saturated carbocycles. The minimum absolute atomic E-state index is 0.282. The first-order chi connectivity index (χ1) is 15.3. The standard InChI is InChI=1S/C26H37NO4S/c1-3-4-5-12-17-21-23(29)27-26(25(21,2)31,22(28)20-15-10-7-11-16-20)24(30)32-18-19-13-8-6-9-14-19/h6,8-10,13-15,20-22,28,31H,3-5,7,11-12,16-18H2,1-2H3,(H,27,29)/t20-,21+,22+,25+,26+/m1/s1. The predicted molar refractivity (Wildman–Crippen MR) is 129 cm³/mol. The molecule has 0 spiro atoms. The maximum atomic E-state index is 13.7. The molecule has 0 radical (unpaired) electrons. The molecule has 0 aromatic heterocycles. The monoisotopic (exact) mass is 459 g/mol. The first-order valence-electron chi connectivity index (χ1n) is 11.9. The lowest BCUT2D eigenvalue weighted by Gasteiger charge is -2.45. The third-order valence-corrected chi connectivity index (χ3v) is 8.20. The molecule has 5 atom stereocenters. The largest absolute Gasteiger partial charge is 0.389 e. The molecule has 1 fully saturated rings. The predicted octanol–water partition coefficient (Wildman–Crippen LogP) is 4.37. The zero-order valence-corrected chi connectivity index (χ0v) is 20.1. The van der Waals surface area contributed by atoms with Crippen molar-refractivity contribution in [3.8, 4) is 0 Å². The first-order valence-corrected chi connectivity index (χ1v) is 12.9. The van der Waals surface area contributed by atoms with Crippen molar-refractivity contribution in [1.82, 2.24) is 5.32 Å². The van der Waals surface area contributed by atoms with Crippen LogP contribution in [-0.4, -0.2) is 38.5 Å². The molecular weight excluding hydrogens is 422 g/mol. The van der Waals surface area contributed by atoms with Gasteiger partial charge in [-0.05, 0) is 38.2 Å². The molecule has 1 saturated heterocycles. The zero-order valence-electron chi connectivity index (χ0n) is 19.3. The number of unbranched alkanes of at least 4 members (excludes halogenated alkanes) is 3. The second kappa shape index (κ2) is 11.0. The topological polar surface area (TPSA) is 86.6 Å². The highest BCUT2D eigenvalue weighted by Gasteiger charge is 2.68. The van der Waals surface area contributed by atoms with Crippen molar-refractivity contribution in [3.63, 3.8) is 0 Å². The zero-order chi connectivity index (χ0) is 23.2. The Labute approximate surface area is 196 Å². The molecule has 0 bridgehead atoms. The number of nitrogens with one attached hydrogen (secondary N) is 1. The molecule has 176 valence electrons. The Morgan fingerprint density at radius 2 is 2.00 bits per heavy atom. The molecule has 1 aliphatic heterocycles. The molecule has 1 aliphatic carbocycles. The van der Waals surface area contributed by atoms with E-state index in [-0.39, 0.29) is 16.9 Å². The fraction of sp³-hybridized carbons (Fsp3) is 0.615. The molecule has 0 unspecified atom stereocenters. The summed E-state index contributed by atoms with van der Waals surface area (Å²) in [5.74, 6) is -0.917. The average Bonchev–Trinajstić information content (AvgIpc) is 3.01. The van der Waals surface area contributed by atoms with E-state index in [1.807, 2.05) is 42.5 Å². The molecule has 32 heavy (non-hydrogen) atoms. The van der Waals surface area contributed by atoms with Gasteiger partial charge in [0.1, 0.15) is 5.60 Å². The van der Waals surface area contributed by atoms with Crippen molar-refractivity contribution in [2.24, 2.45) is 11.8 Å². The van der Waals surface area contributed by atoms with E-state index in [4.69, 9.17) is 0 Å². The van der Waals surface area contributed by atoms with E-state index in [1.165, 1.54) is 0 Å². The van der Waals surface area contributed by atoms with Crippen LogP contribution in [0.4, 0.5) is 0 Å². The molecule has 1 heterocycles. The highest BCUT2D eigenvalue weighted by atomic mass is 32.2. The number of carbonyl (C=O) groups is 2. The second-order valence-corrected chi connectivity index (χ2v) is 10.3. The van der Waals surface area contributed by atoms with Crippen LogP contribution in [-0.2, 0) is 15.3 Å². The van der Waals surface area contributed by atoms with Gasteiger partial charge in [0.2, 0.25) is 11.0 Å². The lowest BCUT2D eigenvalue weighted by Crippen LogP contribution is -2.69. The number of hydrogen-bond acceptors (Lipinski definition) is 5. The summed E-state index contributed by atoms with van der Waals surface area (Å²) >= 11 is 1.06. The molecule has 1 aromatic carbocycles. The van der Waals surface area contributed by atoms with Crippen LogP contribution in [0.2, 0.25) is 0 Å². The summed E-state index contributed by atoms with van der Waals surface area (Å²) < 4.78 is 0. The number of allylic oxidation sites excluding steroid dienone is 1. The summed E-state index contributed by atoms with van der Waals surface area (Å²) in [5.41, 5.74) is -2.43. The van der Waals surface area contributed by atoms with Crippen LogP contribution in [0, 0.1) is 11.8 Å². The van der Waals surface area contributed by atoms with Gasteiger partial charge in [0.15, 0.2) is 5.54 Å². The van der Waals surface area contributed by atoms with Crippen molar-refractivity contribution in [3.05, 3.63) is 48.0 Å². The van der Waals surface area contributed by atoms with Crippen LogP contribution in [0.15, 0.2) is 42.5 Å². The summed E-state index contributed by atoms with van der Waals surface area (Å²) in [7, 11) is 0. The minimum atomic E-state index is -1.73. The molecule has 3 rings (SSSR count). The molecule has 1 amide bonds. The Kier molecular flexibility index (Phi) is 8.59. The first kappa shape index (κ1) is 25.0. The van der Waals surface area contributed by atoms with E-state index in [0.29, 0.717) is 12.2 Å². The quantitative estimate of drug-likeness (QED) is 0.357. The van der Waals surface area contributed by atoms with Gasteiger partial charge < -0.3 is 15.5 Å². The van der Waals surface area contributed by atoms with Gasteiger partial charge in [-0.15, -0.1) is 0 Å². The van der Waals surface area contributed by atoms with Gasteiger partial charge in [0.25, 0.3) is 0 Å². The van der Waals surface area contributed by atoms with Gasteiger partial charge in [-0.25, -0.2) is 0 Å². The summed E-state index contributed by atoms with van der Waals surface area (Å²) in [6.07, 6.45) is 9.79. The van der Waals surface area contributed by atoms with Crippen LogP contribution in [0.5, 0.6) is 0 Å². The Hall–Kier alpha value is -1.63. The van der Waals surface area contributed by atoms with Gasteiger partial charge in [0.05, 0.1) is 12.0 Å². The number of rotatable bonds is 10. The van der Waals surface area contributed by atoms with E-state index in [1.54, 1.807) is 6.92 Å². The molecular formula is C26H37NO4S. The molecule has 1 aromatic rings. The third kappa shape index (κ3) is 4.97. The van der Waals surface area contributed by atoms with Gasteiger partial charge in [-0.3, -0.25) is 9.59 Å². The maximum absolute atomic E-state index is 13.7. The Morgan fingerprint density at radius 3 is 2.66 bits per heavy atom. The van der Waals surface area contributed by atoms with E-state index in [2.05, 4.69) is 12.2 Å². The number of benzene rings is 1. The minimum Gasteiger partial charge on any atom is -0.389 e. The number of carbonyl (C=O) groups excluding carboxylic acids is 2. The van der Waals surface area contributed by atoms with Crippen LogP contribution < -0.4 is 5.32 Å². The number of aliphatic hydroxyl groups is 2. The summed E-state index contributed by atoms with van der Waals surface area (Å²) in [6, 6.07) is 9.63. The van der Waals surface area contributed by atoms with Crippen molar-refractivity contribution < 1.29 is 19.8 Å². The van der Waals surface area contributed by atoms with Gasteiger partial charge in [-0.2, -0.15) is 0 Å². The summed E-state index contributed by atoms with van der Waals surface area (Å²) in [4.78, 5) is 26.8. The van der Waals surface area contributed by atoms with Crippen molar-refractivity contribution in [2.75, 3.05) is 0 Å². The second-order valence-electron chi connectivity index (χ2n) is 9.38. The van der Waals surface area contributed by atoms with Crippen molar-refractivity contribution >= 4 is 22.8 Å². The van der Waals surface area contributed by atoms with Crippen molar-refractivity contribution in [1.29, 1.82) is 0 Å².